The Bertz CT molecular complexity index is 811. The predicted octanol–water partition coefficient (Wildman–Crippen LogP) is 2.72. The number of aryl methyl sites for hydroxylation is 2. The van der Waals surface area contributed by atoms with Gasteiger partial charge in [0, 0.05) is 5.69 Å². The number of sulfone groups is 1. The van der Waals surface area contributed by atoms with Crippen molar-refractivity contribution in [3.8, 4) is 5.75 Å². The number of amides is 1. The van der Waals surface area contributed by atoms with Gasteiger partial charge < -0.3 is 10.1 Å². The summed E-state index contributed by atoms with van der Waals surface area (Å²) in [6.45, 7) is 3.68. The average Bonchev–Trinajstić information content (AvgIpc) is 2.49. The van der Waals surface area contributed by atoms with Crippen molar-refractivity contribution in [1.82, 2.24) is 0 Å². The van der Waals surface area contributed by atoms with E-state index in [4.69, 9.17) is 4.74 Å². The molecular weight excluding hydrogens is 314 g/mol. The lowest BCUT2D eigenvalue weighted by Crippen LogP contribution is -2.23. The Morgan fingerprint density at radius 2 is 1.74 bits per heavy atom. The van der Waals surface area contributed by atoms with Crippen LogP contribution < -0.4 is 10.1 Å². The maximum absolute atomic E-state index is 12.2. The van der Waals surface area contributed by atoms with Crippen LogP contribution in [0.2, 0.25) is 0 Å². The number of anilines is 1. The number of methoxy groups -OCH3 is 1. The van der Waals surface area contributed by atoms with E-state index in [1.165, 1.54) is 12.1 Å². The van der Waals surface area contributed by atoms with Crippen LogP contribution in [0.25, 0.3) is 0 Å². The molecule has 0 spiro atoms. The van der Waals surface area contributed by atoms with Crippen LogP contribution in [0.5, 0.6) is 5.75 Å². The van der Waals surface area contributed by atoms with Crippen LogP contribution in [0, 0.1) is 13.8 Å². The molecule has 23 heavy (non-hydrogen) atoms. The second-order valence-electron chi connectivity index (χ2n) is 5.30. The summed E-state index contributed by atoms with van der Waals surface area (Å²) >= 11 is 0. The minimum absolute atomic E-state index is 0.143. The monoisotopic (exact) mass is 333 g/mol. The molecule has 0 saturated heterocycles. The maximum atomic E-state index is 12.2. The molecular formula is C17H19NO4S. The molecule has 0 aromatic heterocycles. The van der Waals surface area contributed by atoms with E-state index in [2.05, 4.69) is 5.32 Å². The molecule has 2 aromatic rings. The molecule has 0 unspecified atom stereocenters. The maximum Gasteiger partial charge on any atom is 0.239 e. The highest BCUT2D eigenvalue weighted by Crippen LogP contribution is 2.21. The van der Waals surface area contributed by atoms with Crippen molar-refractivity contribution in [2.45, 2.75) is 18.7 Å². The molecule has 0 fully saturated rings. The molecule has 1 N–H and O–H groups in total. The van der Waals surface area contributed by atoms with E-state index in [-0.39, 0.29) is 4.90 Å². The molecule has 0 aliphatic rings. The van der Waals surface area contributed by atoms with Gasteiger partial charge in [-0.15, -0.1) is 0 Å². The van der Waals surface area contributed by atoms with E-state index in [1.54, 1.807) is 37.4 Å². The highest BCUT2D eigenvalue weighted by atomic mass is 32.2. The molecule has 6 heteroatoms. The summed E-state index contributed by atoms with van der Waals surface area (Å²) in [7, 11) is -2.10. The minimum Gasteiger partial charge on any atom is -0.497 e. The molecule has 0 aliphatic carbocycles. The molecule has 2 aromatic carbocycles. The van der Waals surface area contributed by atoms with Crippen LogP contribution >= 0.6 is 0 Å². The van der Waals surface area contributed by atoms with E-state index in [0.29, 0.717) is 11.4 Å². The Kier molecular flexibility index (Phi) is 5.05. The predicted molar refractivity (Wildman–Crippen MR) is 89.6 cm³/mol. The molecule has 1 amide bonds. The molecule has 2 rings (SSSR count). The van der Waals surface area contributed by atoms with Crippen molar-refractivity contribution >= 4 is 21.4 Å². The first-order valence-corrected chi connectivity index (χ1v) is 8.71. The molecule has 122 valence electrons. The lowest BCUT2D eigenvalue weighted by Gasteiger charge is -2.10. The second-order valence-corrected chi connectivity index (χ2v) is 7.29. The molecule has 0 saturated carbocycles. The third-order valence-corrected chi connectivity index (χ3v) is 5.04. The van der Waals surface area contributed by atoms with Gasteiger partial charge in [-0.2, -0.15) is 0 Å². The van der Waals surface area contributed by atoms with Crippen LogP contribution in [0.4, 0.5) is 5.69 Å². The van der Waals surface area contributed by atoms with Crippen LogP contribution in [-0.4, -0.2) is 27.2 Å². The Morgan fingerprint density at radius 3 is 2.30 bits per heavy atom. The Hall–Kier alpha value is -2.34. The van der Waals surface area contributed by atoms with Gasteiger partial charge in [-0.05, 0) is 49.7 Å². The smallest absolute Gasteiger partial charge is 0.239 e. The van der Waals surface area contributed by atoms with Gasteiger partial charge in [-0.25, -0.2) is 8.42 Å². The van der Waals surface area contributed by atoms with Crippen LogP contribution in [0.3, 0.4) is 0 Å². The highest BCUT2D eigenvalue weighted by Gasteiger charge is 2.19. The highest BCUT2D eigenvalue weighted by molar-refractivity contribution is 7.92. The lowest BCUT2D eigenvalue weighted by atomic mass is 10.2. The summed E-state index contributed by atoms with van der Waals surface area (Å²) < 4.78 is 29.6. The van der Waals surface area contributed by atoms with Crippen molar-refractivity contribution in [2.75, 3.05) is 18.2 Å². The van der Waals surface area contributed by atoms with E-state index in [1.807, 2.05) is 13.8 Å². The number of rotatable bonds is 5. The first-order chi connectivity index (χ1) is 10.8. The number of carbonyl (C=O) groups is 1. The van der Waals surface area contributed by atoms with E-state index in [0.717, 1.165) is 11.1 Å². The summed E-state index contributed by atoms with van der Waals surface area (Å²) in [4.78, 5) is 12.2. The summed E-state index contributed by atoms with van der Waals surface area (Å²) in [6.07, 6.45) is 0. The van der Waals surface area contributed by atoms with Crippen molar-refractivity contribution in [3.63, 3.8) is 0 Å². The zero-order valence-electron chi connectivity index (χ0n) is 13.3. The van der Waals surface area contributed by atoms with Gasteiger partial charge in [0.1, 0.15) is 11.5 Å². The average molecular weight is 333 g/mol. The van der Waals surface area contributed by atoms with Gasteiger partial charge in [0.25, 0.3) is 0 Å². The number of carbonyl (C=O) groups excluding carboxylic acids is 1. The van der Waals surface area contributed by atoms with Gasteiger partial charge in [0.15, 0.2) is 9.84 Å². The number of hydrogen-bond acceptors (Lipinski definition) is 4. The molecule has 0 atom stereocenters. The first kappa shape index (κ1) is 17.0. The second kappa shape index (κ2) is 6.83. The van der Waals surface area contributed by atoms with Gasteiger partial charge in [0.2, 0.25) is 5.91 Å². The quantitative estimate of drug-likeness (QED) is 0.913. The number of ether oxygens (including phenoxy) is 1. The van der Waals surface area contributed by atoms with Gasteiger partial charge >= 0.3 is 0 Å². The van der Waals surface area contributed by atoms with Crippen molar-refractivity contribution in [1.29, 1.82) is 0 Å². The number of benzene rings is 2. The summed E-state index contributed by atoms with van der Waals surface area (Å²) in [5, 5.41) is 2.63. The zero-order chi connectivity index (χ0) is 17.0. The normalized spacial score (nSPS) is 11.1. The molecule has 5 nitrogen and oxygen atoms in total. The third kappa shape index (κ3) is 4.32. The minimum atomic E-state index is -3.66. The topological polar surface area (TPSA) is 72.5 Å². The van der Waals surface area contributed by atoms with E-state index >= 15 is 0 Å². The van der Waals surface area contributed by atoms with Crippen LogP contribution in [0.1, 0.15) is 11.1 Å². The SMILES string of the molecule is COc1ccc(NC(=O)CS(=O)(=O)c2ccc(C)cc2)c(C)c1. The van der Waals surface area contributed by atoms with Crippen LogP contribution in [0.15, 0.2) is 47.4 Å². The van der Waals surface area contributed by atoms with Gasteiger partial charge in [-0.1, -0.05) is 17.7 Å². The van der Waals surface area contributed by atoms with E-state index in [9.17, 15) is 13.2 Å². The molecule has 0 bridgehead atoms. The first-order valence-electron chi connectivity index (χ1n) is 7.06. The van der Waals surface area contributed by atoms with Crippen molar-refractivity contribution in [2.24, 2.45) is 0 Å². The summed E-state index contributed by atoms with van der Waals surface area (Å²) in [5.41, 5.74) is 2.32. The number of nitrogens with one attached hydrogen (secondary N) is 1. The van der Waals surface area contributed by atoms with Crippen molar-refractivity contribution in [3.05, 3.63) is 53.6 Å². The summed E-state index contributed by atoms with van der Waals surface area (Å²) in [5.74, 6) is -0.492. The fourth-order valence-corrected chi connectivity index (χ4v) is 3.23. The Morgan fingerprint density at radius 1 is 1.09 bits per heavy atom. The Balaban J connectivity index is 2.11. The fraction of sp³-hybridized carbons (Fsp3) is 0.235. The Labute approximate surface area is 136 Å². The number of hydrogen-bond donors (Lipinski definition) is 1. The largest absolute Gasteiger partial charge is 0.497 e. The third-order valence-electron chi connectivity index (χ3n) is 3.41. The van der Waals surface area contributed by atoms with Gasteiger partial charge in [-0.3, -0.25) is 4.79 Å². The molecule has 0 aliphatic heterocycles. The van der Waals surface area contributed by atoms with Crippen LogP contribution in [-0.2, 0) is 14.6 Å². The molecule has 0 radical (unpaired) electrons. The lowest BCUT2D eigenvalue weighted by molar-refractivity contribution is -0.113. The van der Waals surface area contributed by atoms with Crippen molar-refractivity contribution < 1.29 is 17.9 Å². The summed E-state index contributed by atoms with van der Waals surface area (Å²) in [6, 6.07) is 11.6. The fourth-order valence-electron chi connectivity index (χ4n) is 2.09. The van der Waals surface area contributed by atoms with Gasteiger partial charge in [0.05, 0.1) is 12.0 Å². The molecule has 0 heterocycles. The zero-order valence-corrected chi connectivity index (χ0v) is 14.1. The van der Waals surface area contributed by atoms with E-state index < -0.39 is 21.5 Å². The standard InChI is InChI=1S/C17H19NO4S/c1-12-4-7-15(8-5-12)23(20,21)11-17(19)18-16-9-6-14(22-3)10-13(16)2/h4-10H,11H2,1-3H3,(H,18,19).